The van der Waals surface area contributed by atoms with Gasteiger partial charge in [-0.1, -0.05) is 11.8 Å². The predicted molar refractivity (Wildman–Crippen MR) is 198 cm³/mol. The van der Waals surface area contributed by atoms with Crippen LogP contribution in [0.3, 0.4) is 0 Å². The Morgan fingerprint density at radius 3 is 1.80 bits per heavy atom. The van der Waals surface area contributed by atoms with E-state index in [0.29, 0.717) is 67.6 Å². The number of halogens is 1. The number of hydrogen-bond donors (Lipinski definition) is 4. The van der Waals surface area contributed by atoms with Crippen molar-refractivity contribution in [1.82, 2.24) is 40.3 Å². The van der Waals surface area contributed by atoms with Crippen molar-refractivity contribution in [3.05, 3.63) is 81.1 Å². The summed E-state index contributed by atoms with van der Waals surface area (Å²) in [6.45, 7) is 0. The molecular weight excluding hydrogens is 706 g/mol. The van der Waals surface area contributed by atoms with Gasteiger partial charge in [0.2, 0.25) is 0 Å². The molecule has 2 aliphatic rings. The normalized spacial score (nSPS) is 13.0. The quantitative estimate of drug-likeness (QED) is 0.0875. The monoisotopic (exact) mass is 733 g/mol. The Morgan fingerprint density at radius 1 is 0.843 bits per heavy atom. The van der Waals surface area contributed by atoms with Crippen LogP contribution in [0, 0.1) is 36.0 Å². The fraction of sp³-hybridized carbons (Fsp3) is 0.200. The van der Waals surface area contributed by atoms with Crippen LogP contribution in [0.4, 0.5) is 23.3 Å². The topological polar surface area (TPSA) is 183 Å². The molecule has 0 aliphatic heterocycles. The summed E-state index contributed by atoms with van der Waals surface area (Å²) in [5.41, 5.74) is 3.34. The van der Waals surface area contributed by atoms with E-state index in [1.54, 1.807) is 30.6 Å². The lowest BCUT2D eigenvalue weighted by Gasteiger charge is -2.06. The molecule has 0 saturated heterocycles. The molecule has 0 atom stereocenters. The van der Waals surface area contributed by atoms with Crippen LogP contribution in [0.25, 0.3) is 21.4 Å². The lowest BCUT2D eigenvalue weighted by atomic mass is 10.3. The summed E-state index contributed by atoms with van der Waals surface area (Å²) in [6, 6.07) is 13.1. The van der Waals surface area contributed by atoms with Crippen molar-refractivity contribution in [2.75, 3.05) is 17.7 Å². The van der Waals surface area contributed by atoms with E-state index in [-0.39, 0.29) is 18.4 Å². The third-order valence-corrected chi connectivity index (χ3v) is 9.81. The maximum atomic E-state index is 11.6. The molecule has 254 valence electrons. The second-order valence-electron chi connectivity index (χ2n) is 11.3. The number of methoxy groups -OCH3 is 1. The number of carbonyl (C=O) groups is 1. The molecule has 2 aliphatic carbocycles. The van der Waals surface area contributed by atoms with Gasteiger partial charge < -0.3 is 15.4 Å². The molecule has 6 heterocycles. The molecule has 0 amide bonds. The number of carbonyl (C=O) groups excluding carboxylic acids is 1. The number of aromatic amines is 2. The lowest BCUT2D eigenvalue weighted by Crippen LogP contribution is -2.00. The highest BCUT2D eigenvalue weighted by Gasteiger charge is 2.26. The highest BCUT2D eigenvalue weighted by Crippen LogP contribution is 2.40. The molecule has 0 bridgehead atoms. The predicted octanol–water partition coefficient (Wildman–Crippen LogP) is 7.14. The van der Waals surface area contributed by atoms with E-state index in [2.05, 4.69) is 68.9 Å². The van der Waals surface area contributed by atoms with Crippen molar-refractivity contribution < 1.29 is 9.53 Å². The number of rotatable bonds is 9. The zero-order valence-electron chi connectivity index (χ0n) is 26.9. The van der Waals surface area contributed by atoms with Crippen molar-refractivity contribution in [2.24, 2.45) is 0 Å². The van der Waals surface area contributed by atoms with Gasteiger partial charge in [-0.25, -0.2) is 24.7 Å². The first-order chi connectivity index (χ1) is 24.4. The molecule has 2 saturated carbocycles. The number of ether oxygens (including phenoxy) is 1. The van der Waals surface area contributed by atoms with Gasteiger partial charge in [0.15, 0.2) is 34.9 Å². The Morgan fingerprint density at radius 2 is 1.35 bits per heavy atom. The number of hydrogen-bond acceptors (Lipinski definition) is 13. The summed E-state index contributed by atoms with van der Waals surface area (Å²) in [7, 11) is 1.35. The first kappa shape index (κ1) is 34.8. The third-order valence-electron chi connectivity index (χ3n) is 7.76. The average molecular weight is 734 g/mol. The van der Waals surface area contributed by atoms with Crippen molar-refractivity contribution in [2.45, 2.75) is 37.5 Å². The van der Waals surface area contributed by atoms with Crippen LogP contribution < -0.4 is 10.6 Å². The van der Waals surface area contributed by atoms with Gasteiger partial charge >= 0.3 is 5.97 Å². The smallest absolute Gasteiger partial charge is 0.348 e. The minimum atomic E-state index is -0.385. The van der Waals surface area contributed by atoms with Crippen LogP contribution in [-0.4, -0.2) is 53.4 Å². The van der Waals surface area contributed by atoms with Gasteiger partial charge in [0.05, 0.1) is 28.0 Å². The Labute approximate surface area is 306 Å². The minimum absolute atomic E-state index is 0. The second-order valence-corrected chi connectivity index (χ2v) is 13.5. The number of esters is 1. The van der Waals surface area contributed by atoms with E-state index in [4.69, 9.17) is 22.8 Å². The summed E-state index contributed by atoms with van der Waals surface area (Å²) >= 11 is 2.61. The van der Waals surface area contributed by atoms with E-state index in [9.17, 15) is 4.79 Å². The van der Waals surface area contributed by atoms with Gasteiger partial charge in [-0.15, -0.1) is 47.9 Å². The van der Waals surface area contributed by atoms with Gasteiger partial charge in [-0.05, 0) is 49.9 Å². The molecule has 0 spiro atoms. The van der Waals surface area contributed by atoms with Gasteiger partial charge in [0.1, 0.15) is 15.8 Å². The Bertz CT molecular complexity index is 2330. The molecule has 6 aromatic rings. The number of nitrogens with zero attached hydrogens (tertiary/aromatic N) is 7. The largest absolute Gasteiger partial charge is 0.465 e. The summed E-state index contributed by atoms with van der Waals surface area (Å²) in [5, 5.41) is 29.9. The van der Waals surface area contributed by atoms with Crippen LogP contribution >= 0.6 is 35.1 Å². The van der Waals surface area contributed by atoms with Crippen molar-refractivity contribution in [3.63, 3.8) is 0 Å². The standard InChI is InChI=1S/C18H15N5O2S.C17H12N6S.ClH/c1-3-10-9-19-17(13-6-7-14(26-13)18(24)25-2)21-16(10)20-15-8-12(22-23-15)11-4-5-11;1-2-10-9-19-17(14-6-5-12(8-18)24-14)21-16(10)20-15-7-13(22-23-15)11-3-4-11;/h1,6-9,11H,4-5H2,2H3,(H2,19,20,21,22,23);1,5-7,9,11H,3-4H2,(H2,19,20,21,22,23);1H. The molecule has 0 unspecified atom stereocenters. The fourth-order valence-electron chi connectivity index (χ4n) is 4.84. The van der Waals surface area contributed by atoms with Crippen LogP contribution in [0.5, 0.6) is 0 Å². The van der Waals surface area contributed by atoms with Gasteiger partial charge in [0, 0.05) is 47.8 Å². The van der Waals surface area contributed by atoms with Crippen LogP contribution in [0.1, 0.15) is 74.6 Å². The summed E-state index contributed by atoms with van der Waals surface area (Å²) in [5.74, 6) is 9.32. The number of H-pyrrole nitrogens is 2. The van der Waals surface area contributed by atoms with E-state index in [1.807, 2.05) is 18.2 Å². The third kappa shape index (κ3) is 8.06. The molecular formula is C35H28ClN11O2S2. The lowest BCUT2D eigenvalue weighted by molar-refractivity contribution is 0.0606. The van der Waals surface area contributed by atoms with Crippen molar-refractivity contribution in [1.29, 1.82) is 5.26 Å². The Balaban J connectivity index is 0.000000173. The fourth-order valence-corrected chi connectivity index (χ4v) is 6.45. The van der Waals surface area contributed by atoms with Gasteiger partial charge in [0.25, 0.3) is 0 Å². The molecule has 13 nitrogen and oxygen atoms in total. The molecule has 0 aromatic carbocycles. The number of nitriles is 1. The molecule has 4 N–H and O–H groups in total. The summed E-state index contributed by atoms with van der Waals surface area (Å²) < 4.78 is 4.73. The first-order valence-electron chi connectivity index (χ1n) is 15.5. The highest BCUT2D eigenvalue weighted by molar-refractivity contribution is 7.17. The molecule has 2 fully saturated rings. The Hall–Kier alpha value is -6.05. The van der Waals surface area contributed by atoms with E-state index in [1.165, 1.54) is 55.5 Å². The number of aromatic nitrogens is 8. The molecule has 6 aromatic heterocycles. The number of nitrogens with one attached hydrogen (secondary N) is 4. The van der Waals surface area contributed by atoms with Gasteiger partial charge in [-0.3, -0.25) is 10.2 Å². The number of terminal acetylenes is 2. The van der Waals surface area contributed by atoms with Crippen LogP contribution in [0.15, 0.2) is 48.8 Å². The molecule has 51 heavy (non-hydrogen) atoms. The maximum absolute atomic E-state index is 11.6. The van der Waals surface area contributed by atoms with Gasteiger partial charge in [-0.2, -0.15) is 15.5 Å². The van der Waals surface area contributed by atoms with E-state index >= 15 is 0 Å². The average Bonchev–Trinajstić information content (AvgIpc) is 3.91. The first-order valence-corrected chi connectivity index (χ1v) is 17.1. The summed E-state index contributed by atoms with van der Waals surface area (Å²) in [6.07, 6.45) is 19.1. The van der Waals surface area contributed by atoms with Crippen molar-refractivity contribution in [3.8, 4) is 52.2 Å². The zero-order chi connectivity index (χ0) is 34.6. The highest BCUT2D eigenvalue weighted by atomic mass is 35.5. The molecule has 0 radical (unpaired) electrons. The van der Waals surface area contributed by atoms with Crippen LogP contribution in [0.2, 0.25) is 0 Å². The number of anilines is 4. The number of thiophene rings is 2. The molecule has 8 rings (SSSR count). The Kier molecular flexibility index (Phi) is 10.4. The molecule has 16 heteroatoms. The van der Waals surface area contributed by atoms with Crippen molar-refractivity contribution >= 4 is 64.3 Å². The SMILES string of the molecule is C#Cc1cnc(-c2ccc(C#N)s2)nc1Nc1cc(C2CC2)[nH]n1.C#Cc1cnc(-c2ccc(C(=O)OC)s2)nc1Nc1cc(C2CC2)[nH]n1.Cl. The second kappa shape index (κ2) is 15.2. The zero-order valence-corrected chi connectivity index (χ0v) is 29.4. The maximum Gasteiger partial charge on any atom is 0.348 e. The van der Waals surface area contributed by atoms with E-state index in [0.717, 1.165) is 21.1 Å². The summed E-state index contributed by atoms with van der Waals surface area (Å²) in [4.78, 5) is 31.9. The van der Waals surface area contributed by atoms with E-state index < -0.39 is 0 Å². The minimum Gasteiger partial charge on any atom is -0.465 e. The van der Waals surface area contributed by atoms with Crippen LogP contribution in [-0.2, 0) is 4.74 Å².